The van der Waals surface area contributed by atoms with Crippen molar-refractivity contribution in [3.63, 3.8) is 0 Å². The first-order chi connectivity index (χ1) is 9.23. The number of halogens is 1. The zero-order valence-corrected chi connectivity index (χ0v) is 13.7. The third-order valence-electron chi connectivity index (χ3n) is 2.51. The number of hydrogen-bond acceptors (Lipinski definition) is 5. The molecule has 0 unspecified atom stereocenters. The first kappa shape index (κ1) is 19.5. The van der Waals surface area contributed by atoms with E-state index < -0.39 is 6.04 Å². The number of benzene rings is 1. The van der Waals surface area contributed by atoms with Gasteiger partial charge in [-0.15, -0.1) is 12.4 Å². The van der Waals surface area contributed by atoms with Crippen LogP contribution in [0.4, 0.5) is 0 Å². The number of rotatable bonds is 5. The minimum atomic E-state index is -0.627. The Hall–Kier alpha value is -1.46. The Bertz CT molecular complexity index is 471. The maximum Gasteiger partial charge on any atom is 0.307 e. The van der Waals surface area contributed by atoms with Crippen molar-refractivity contribution in [3.8, 4) is 11.5 Å². The zero-order valence-electron chi connectivity index (χ0n) is 12.9. The number of phenolic OH excluding ortho intramolecular Hbond substituents is 1. The molecule has 1 atom stereocenters. The molecule has 5 nitrogen and oxygen atoms in total. The number of esters is 1. The summed E-state index contributed by atoms with van der Waals surface area (Å²) in [6.07, 6.45) is 0.0143. The molecule has 0 aliphatic rings. The molecule has 0 heterocycles. The number of nitrogens with two attached hydrogens (primary N) is 1. The smallest absolute Gasteiger partial charge is 0.307 e. The van der Waals surface area contributed by atoms with Gasteiger partial charge in [-0.1, -0.05) is 0 Å². The Kier molecular flexibility index (Phi) is 7.53. The van der Waals surface area contributed by atoms with Crippen LogP contribution < -0.4 is 10.5 Å². The van der Waals surface area contributed by atoms with Crippen LogP contribution in [0.15, 0.2) is 18.2 Å². The summed E-state index contributed by atoms with van der Waals surface area (Å²) >= 11 is 0. The predicted octanol–water partition coefficient (Wildman–Crippen LogP) is 2.94. The van der Waals surface area contributed by atoms with Crippen molar-refractivity contribution in [2.75, 3.05) is 6.61 Å². The molecule has 0 fully saturated rings. The number of hydrogen-bond donors (Lipinski definition) is 2. The molecule has 0 saturated carbocycles. The number of carbonyl (C=O) groups excluding carboxylic acids is 1. The second kappa shape index (κ2) is 8.10. The second-order valence-electron chi connectivity index (χ2n) is 5.55. The van der Waals surface area contributed by atoms with E-state index in [4.69, 9.17) is 15.2 Å². The van der Waals surface area contributed by atoms with Crippen molar-refractivity contribution < 1.29 is 19.4 Å². The van der Waals surface area contributed by atoms with Crippen LogP contribution in [-0.4, -0.2) is 23.3 Å². The Labute approximate surface area is 131 Å². The summed E-state index contributed by atoms with van der Waals surface area (Å²) in [6.45, 7) is 7.83. The Morgan fingerprint density at radius 2 is 2.00 bits per heavy atom. The van der Waals surface area contributed by atoms with E-state index in [1.165, 1.54) is 6.07 Å². The molecule has 0 bridgehead atoms. The van der Waals surface area contributed by atoms with Crippen LogP contribution in [0.2, 0.25) is 0 Å². The van der Waals surface area contributed by atoms with Crippen molar-refractivity contribution in [2.24, 2.45) is 5.73 Å². The first-order valence-corrected chi connectivity index (χ1v) is 6.66. The van der Waals surface area contributed by atoms with Gasteiger partial charge in [-0.3, -0.25) is 4.79 Å². The second-order valence-corrected chi connectivity index (χ2v) is 5.55. The molecule has 1 aromatic carbocycles. The van der Waals surface area contributed by atoms with Crippen LogP contribution in [0.5, 0.6) is 11.5 Å². The van der Waals surface area contributed by atoms with Gasteiger partial charge in [0.2, 0.25) is 0 Å². The SMILES string of the molecule is CCOC(=O)C[C@H](N)c1cc(OC(C)(C)C)ccc1O.Cl. The van der Waals surface area contributed by atoms with Crippen molar-refractivity contribution >= 4 is 18.4 Å². The molecular weight excluding hydrogens is 294 g/mol. The lowest BCUT2D eigenvalue weighted by atomic mass is 10.0. The van der Waals surface area contributed by atoms with Gasteiger partial charge in [0.1, 0.15) is 17.1 Å². The Morgan fingerprint density at radius 3 is 2.52 bits per heavy atom. The number of carbonyl (C=O) groups is 1. The average Bonchev–Trinajstić information content (AvgIpc) is 2.30. The lowest BCUT2D eigenvalue weighted by Gasteiger charge is -2.22. The fraction of sp³-hybridized carbons (Fsp3) is 0.533. The van der Waals surface area contributed by atoms with Gasteiger partial charge in [0, 0.05) is 11.6 Å². The molecule has 3 N–H and O–H groups in total. The largest absolute Gasteiger partial charge is 0.508 e. The van der Waals surface area contributed by atoms with Gasteiger partial charge >= 0.3 is 5.97 Å². The summed E-state index contributed by atoms with van der Waals surface area (Å²) in [5.74, 6) is 0.259. The molecule has 120 valence electrons. The highest BCUT2D eigenvalue weighted by Crippen LogP contribution is 2.30. The van der Waals surface area contributed by atoms with Gasteiger partial charge < -0.3 is 20.3 Å². The summed E-state index contributed by atoms with van der Waals surface area (Å²) in [5.41, 5.74) is 6.07. The van der Waals surface area contributed by atoms with Gasteiger partial charge in [0.15, 0.2) is 0 Å². The van der Waals surface area contributed by atoms with Crippen molar-refractivity contribution in [1.29, 1.82) is 0 Å². The van der Waals surface area contributed by atoms with Crippen molar-refractivity contribution in [2.45, 2.75) is 45.8 Å². The summed E-state index contributed by atoms with van der Waals surface area (Å²) < 4.78 is 10.6. The molecule has 0 aromatic heterocycles. The monoisotopic (exact) mass is 317 g/mol. The molecule has 6 heteroatoms. The maximum absolute atomic E-state index is 11.4. The fourth-order valence-corrected chi connectivity index (χ4v) is 1.76. The maximum atomic E-state index is 11.4. The Balaban J connectivity index is 0.00000400. The molecule has 1 aromatic rings. The topological polar surface area (TPSA) is 81.8 Å². The van der Waals surface area contributed by atoms with Crippen LogP contribution >= 0.6 is 12.4 Å². The van der Waals surface area contributed by atoms with E-state index in [9.17, 15) is 9.90 Å². The van der Waals surface area contributed by atoms with E-state index in [1.54, 1.807) is 19.1 Å². The highest BCUT2D eigenvalue weighted by molar-refractivity contribution is 5.85. The van der Waals surface area contributed by atoms with Crippen LogP contribution in [0.1, 0.15) is 45.7 Å². The van der Waals surface area contributed by atoms with Gasteiger partial charge in [-0.25, -0.2) is 0 Å². The predicted molar refractivity (Wildman–Crippen MR) is 83.9 cm³/mol. The van der Waals surface area contributed by atoms with E-state index in [0.717, 1.165) is 0 Å². The minimum absolute atomic E-state index is 0. The Morgan fingerprint density at radius 1 is 1.38 bits per heavy atom. The first-order valence-electron chi connectivity index (χ1n) is 6.66. The lowest BCUT2D eigenvalue weighted by molar-refractivity contribution is -0.143. The lowest BCUT2D eigenvalue weighted by Crippen LogP contribution is -2.23. The molecule has 0 amide bonds. The van der Waals surface area contributed by atoms with E-state index in [-0.39, 0.29) is 36.1 Å². The molecule has 0 saturated heterocycles. The molecule has 0 spiro atoms. The summed E-state index contributed by atoms with van der Waals surface area (Å²) in [7, 11) is 0. The summed E-state index contributed by atoms with van der Waals surface area (Å²) in [4.78, 5) is 11.4. The van der Waals surface area contributed by atoms with Gasteiger partial charge in [0.05, 0.1) is 13.0 Å². The van der Waals surface area contributed by atoms with Gasteiger partial charge in [0.25, 0.3) is 0 Å². The van der Waals surface area contributed by atoms with E-state index >= 15 is 0 Å². The van der Waals surface area contributed by atoms with Gasteiger partial charge in [-0.05, 0) is 45.9 Å². The van der Waals surface area contributed by atoms with E-state index in [1.807, 2.05) is 20.8 Å². The average molecular weight is 318 g/mol. The minimum Gasteiger partial charge on any atom is -0.508 e. The highest BCUT2D eigenvalue weighted by Gasteiger charge is 2.18. The van der Waals surface area contributed by atoms with Crippen molar-refractivity contribution in [3.05, 3.63) is 23.8 Å². The third kappa shape index (κ3) is 6.69. The van der Waals surface area contributed by atoms with E-state index in [2.05, 4.69) is 0 Å². The van der Waals surface area contributed by atoms with Crippen LogP contribution in [0.3, 0.4) is 0 Å². The molecule has 0 aliphatic carbocycles. The van der Waals surface area contributed by atoms with E-state index in [0.29, 0.717) is 17.9 Å². The fourth-order valence-electron chi connectivity index (χ4n) is 1.76. The van der Waals surface area contributed by atoms with Crippen molar-refractivity contribution in [1.82, 2.24) is 0 Å². The summed E-state index contributed by atoms with van der Waals surface area (Å²) in [6, 6.07) is 4.21. The number of aromatic hydroxyl groups is 1. The normalized spacial score (nSPS) is 12.2. The standard InChI is InChI=1S/C15H23NO4.ClH/c1-5-19-14(18)9-12(16)11-8-10(6-7-13(11)17)20-15(2,3)4;/h6-8,12,17H,5,9,16H2,1-4H3;1H/t12-;/m0./s1. The highest BCUT2D eigenvalue weighted by atomic mass is 35.5. The number of phenols is 1. The van der Waals surface area contributed by atoms with Crippen LogP contribution in [0.25, 0.3) is 0 Å². The third-order valence-corrected chi connectivity index (χ3v) is 2.51. The van der Waals surface area contributed by atoms with Gasteiger partial charge in [-0.2, -0.15) is 0 Å². The zero-order chi connectivity index (χ0) is 15.3. The molecule has 21 heavy (non-hydrogen) atoms. The van der Waals surface area contributed by atoms with Crippen LogP contribution in [0, 0.1) is 0 Å². The molecule has 0 radical (unpaired) electrons. The molecule has 0 aliphatic heterocycles. The quantitative estimate of drug-likeness (QED) is 0.816. The molecular formula is C15H24ClNO4. The van der Waals surface area contributed by atoms with Crippen LogP contribution in [-0.2, 0) is 9.53 Å². The molecule has 1 rings (SSSR count). The summed E-state index contributed by atoms with van der Waals surface area (Å²) in [5, 5.41) is 9.86. The number of ether oxygens (including phenoxy) is 2.